The third kappa shape index (κ3) is 2.66. The lowest BCUT2D eigenvalue weighted by atomic mass is 9.85. The Labute approximate surface area is 108 Å². The quantitative estimate of drug-likeness (QED) is 0.898. The fraction of sp³-hybridized carbons (Fsp3) is 0.333. The molecule has 1 fully saturated rings. The van der Waals surface area contributed by atoms with Crippen molar-refractivity contribution in [1.82, 2.24) is 0 Å². The zero-order valence-electron chi connectivity index (χ0n) is 9.20. The zero-order chi connectivity index (χ0) is 12.4. The summed E-state index contributed by atoms with van der Waals surface area (Å²) in [7, 11) is 0. The molecule has 90 valence electrons. The van der Waals surface area contributed by atoms with Crippen LogP contribution in [0.1, 0.15) is 29.6 Å². The maximum absolute atomic E-state index is 11.8. The first-order valence-electron chi connectivity index (χ1n) is 5.48. The summed E-state index contributed by atoms with van der Waals surface area (Å²) in [5.41, 5.74) is 6.08. The second-order valence-electron chi connectivity index (χ2n) is 4.17. The van der Waals surface area contributed by atoms with Gasteiger partial charge in [0.25, 0.3) is 5.91 Å². The lowest BCUT2D eigenvalue weighted by Gasteiger charge is -2.24. The topological polar surface area (TPSA) is 72.2 Å². The summed E-state index contributed by atoms with van der Waals surface area (Å²) in [5.74, 6) is -0.490. The number of amides is 2. The van der Waals surface area contributed by atoms with Crippen molar-refractivity contribution >= 4 is 33.4 Å². The van der Waals surface area contributed by atoms with Gasteiger partial charge in [0.05, 0.1) is 11.3 Å². The molecule has 2 rings (SSSR count). The summed E-state index contributed by atoms with van der Waals surface area (Å²) in [6, 6.07) is 5.06. The fourth-order valence-corrected chi connectivity index (χ4v) is 2.10. The Hall–Kier alpha value is -1.36. The van der Waals surface area contributed by atoms with E-state index in [0.717, 1.165) is 23.7 Å². The maximum atomic E-state index is 11.8. The van der Waals surface area contributed by atoms with Crippen molar-refractivity contribution in [3.8, 4) is 0 Å². The molecule has 1 saturated carbocycles. The molecule has 17 heavy (non-hydrogen) atoms. The van der Waals surface area contributed by atoms with Gasteiger partial charge < -0.3 is 11.1 Å². The van der Waals surface area contributed by atoms with Crippen LogP contribution in [0.2, 0.25) is 0 Å². The summed E-state index contributed by atoms with van der Waals surface area (Å²) >= 11 is 3.26. The number of nitrogens with two attached hydrogens (primary N) is 1. The minimum absolute atomic E-state index is 0.0268. The highest BCUT2D eigenvalue weighted by Gasteiger charge is 2.26. The number of primary amides is 1. The van der Waals surface area contributed by atoms with Crippen LogP contribution in [0.25, 0.3) is 0 Å². The summed E-state index contributed by atoms with van der Waals surface area (Å²) in [5, 5.41) is 2.76. The van der Waals surface area contributed by atoms with Crippen LogP contribution in [0.5, 0.6) is 0 Å². The lowest BCUT2D eigenvalue weighted by molar-refractivity contribution is -0.122. The molecule has 0 saturated heterocycles. The van der Waals surface area contributed by atoms with Crippen LogP contribution in [0, 0.1) is 5.92 Å². The van der Waals surface area contributed by atoms with Crippen molar-refractivity contribution in [3.63, 3.8) is 0 Å². The van der Waals surface area contributed by atoms with Gasteiger partial charge in [0, 0.05) is 10.4 Å². The van der Waals surface area contributed by atoms with Crippen molar-refractivity contribution in [2.75, 3.05) is 5.32 Å². The molecule has 0 aliphatic heterocycles. The number of benzene rings is 1. The zero-order valence-corrected chi connectivity index (χ0v) is 10.8. The van der Waals surface area contributed by atoms with E-state index in [9.17, 15) is 9.59 Å². The highest BCUT2D eigenvalue weighted by atomic mass is 79.9. The van der Waals surface area contributed by atoms with Gasteiger partial charge in [-0.3, -0.25) is 9.59 Å². The molecule has 0 radical (unpaired) electrons. The average Bonchev–Trinajstić information content (AvgIpc) is 2.17. The Balaban J connectivity index is 2.19. The average molecular weight is 297 g/mol. The number of carbonyl (C=O) groups excluding carboxylic acids is 2. The molecule has 0 heterocycles. The third-order valence-corrected chi connectivity index (χ3v) is 3.47. The van der Waals surface area contributed by atoms with Crippen molar-refractivity contribution in [3.05, 3.63) is 28.2 Å². The number of hydrogen-bond donors (Lipinski definition) is 2. The Bertz CT molecular complexity index is 470. The highest BCUT2D eigenvalue weighted by Crippen LogP contribution is 2.28. The summed E-state index contributed by atoms with van der Waals surface area (Å²) in [6.07, 6.45) is 2.95. The molecule has 0 spiro atoms. The van der Waals surface area contributed by atoms with Gasteiger partial charge in [0.1, 0.15) is 0 Å². The molecule has 1 aromatic carbocycles. The van der Waals surface area contributed by atoms with Crippen molar-refractivity contribution < 1.29 is 9.59 Å². The molecule has 1 aromatic rings. The molecule has 0 atom stereocenters. The van der Waals surface area contributed by atoms with Gasteiger partial charge in [-0.2, -0.15) is 0 Å². The predicted molar refractivity (Wildman–Crippen MR) is 68.6 cm³/mol. The van der Waals surface area contributed by atoms with Gasteiger partial charge in [0.2, 0.25) is 5.91 Å². The number of hydrogen-bond acceptors (Lipinski definition) is 2. The van der Waals surface area contributed by atoms with Crippen molar-refractivity contribution in [2.24, 2.45) is 11.7 Å². The van der Waals surface area contributed by atoms with E-state index in [2.05, 4.69) is 21.2 Å². The minimum atomic E-state index is -0.546. The molecule has 1 aliphatic carbocycles. The molecule has 3 N–H and O–H groups in total. The summed E-state index contributed by atoms with van der Waals surface area (Å²) in [4.78, 5) is 23.0. The Kier molecular flexibility index (Phi) is 3.47. The van der Waals surface area contributed by atoms with Crippen LogP contribution in [0.15, 0.2) is 22.7 Å². The fourth-order valence-electron chi connectivity index (χ4n) is 1.73. The largest absolute Gasteiger partial charge is 0.366 e. The van der Waals surface area contributed by atoms with E-state index in [0.29, 0.717) is 11.3 Å². The monoisotopic (exact) mass is 296 g/mol. The standard InChI is InChI=1S/C12H13BrN2O2/c13-8-4-5-10(9(6-8)11(14)16)15-12(17)7-2-1-3-7/h4-7H,1-3H2,(H2,14,16)(H,15,17). The molecular formula is C12H13BrN2O2. The molecule has 2 amide bonds. The van der Waals surface area contributed by atoms with Crippen molar-refractivity contribution in [2.45, 2.75) is 19.3 Å². The normalized spacial score (nSPS) is 15.1. The van der Waals surface area contributed by atoms with Gasteiger partial charge in [0.15, 0.2) is 0 Å². The van der Waals surface area contributed by atoms with Gasteiger partial charge in [-0.15, -0.1) is 0 Å². The number of carbonyl (C=O) groups is 2. The van der Waals surface area contributed by atoms with Gasteiger partial charge in [-0.05, 0) is 31.0 Å². The van der Waals surface area contributed by atoms with E-state index in [4.69, 9.17) is 5.73 Å². The SMILES string of the molecule is NC(=O)c1cc(Br)ccc1NC(=O)C1CCC1. The van der Waals surface area contributed by atoms with Crippen LogP contribution < -0.4 is 11.1 Å². The number of rotatable bonds is 3. The first-order chi connectivity index (χ1) is 8.08. The van der Waals surface area contributed by atoms with Crippen LogP contribution in [-0.4, -0.2) is 11.8 Å². The van der Waals surface area contributed by atoms with Crippen LogP contribution in [0.3, 0.4) is 0 Å². The van der Waals surface area contributed by atoms with E-state index in [1.54, 1.807) is 18.2 Å². The number of nitrogens with one attached hydrogen (secondary N) is 1. The number of halogens is 1. The smallest absolute Gasteiger partial charge is 0.250 e. The molecule has 5 heteroatoms. The van der Waals surface area contributed by atoms with E-state index in [1.165, 1.54) is 0 Å². The van der Waals surface area contributed by atoms with Gasteiger partial charge in [-0.25, -0.2) is 0 Å². The van der Waals surface area contributed by atoms with Gasteiger partial charge in [-0.1, -0.05) is 22.4 Å². The molecule has 0 bridgehead atoms. The Morgan fingerprint density at radius 2 is 2.06 bits per heavy atom. The second kappa shape index (κ2) is 4.87. The highest BCUT2D eigenvalue weighted by molar-refractivity contribution is 9.10. The van der Waals surface area contributed by atoms with E-state index < -0.39 is 5.91 Å². The first-order valence-corrected chi connectivity index (χ1v) is 6.27. The first kappa shape index (κ1) is 12.1. The minimum Gasteiger partial charge on any atom is -0.366 e. The third-order valence-electron chi connectivity index (χ3n) is 2.98. The number of anilines is 1. The van der Waals surface area contributed by atoms with Gasteiger partial charge >= 0.3 is 0 Å². The summed E-state index contributed by atoms with van der Waals surface area (Å²) < 4.78 is 0.757. The molecule has 1 aliphatic rings. The van der Waals surface area contributed by atoms with E-state index in [1.807, 2.05) is 0 Å². The Morgan fingerprint density at radius 3 is 2.59 bits per heavy atom. The lowest BCUT2D eigenvalue weighted by Crippen LogP contribution is -2.29. The van der Waals surface area contributed by atoms with Crippen LogP contribution >= 0.6 is 15.9 Å². The summed E-state index contributed by atoms with van der Waals surface area (Å²) in [6.45, 7) is 0. The molecule has 0 aromatic heterocycles. The molecule has 4 nitrogen and oxygen atoms in total. The van der Waals surface area contributed by atoms with E-state index >= 15 is 0 Å². The van der Waals surface area contributed by atoms with E-state index in [-0.39, 0.29) is 11.8 Å². The molecule has 0 unspecified atom stereocenters. The molecular weight excluding hydrogens is 284 g/mol. The van der Waals surface area contributed by atoms with Crippen LogP contribution in [-0.2, 0) is 4.79 Å². The van der Waals surface area contributed by atoms with Crippen LogP contribution in [0.4, 0.5) is 5.69 Å². The second-order valence-corrected chi connectivity index (χ2v) is 5.09. The van der Waals surface area contributed by atoms with Crippen molar-refractivity contribution in [1.29, 1.82) is 0 Å². The Morgan fingerprint density at radius 1 is 1.35 bits per heavy atom. The predicted octanol–water partition coefficient (Wildman–Crippen LogP) is 2.29. The maximum Gasteiger partial charge on any atom is 0.250 e.